The van der Waals surface area contributed by atoms with Crippen LogP contribution in [-0.4, -0.2) is 53.8 Å². The second kappa shape index (κ2) is 8.93. The lowest BCUT2D eigenvalue weighted by Crippen LogP contribution is -2.43. The topological polar surface area (TPSA) is 74.6 Å². The molecule has 0 radical (unpaired) electrons. The van der Waals surface area contributed by atoms with Crippen LogP contribution in [0.2, 0.25) is 0 Å². The summed E-state index contributed by atoms with van der Waals surface area (Å²) in [6.45, 7) is -0.169. The fourth-order valence-electron chi connectivity index (χ4n) is 3.67. The predicted octanol–water partition coefficient (Wildman–Crippen LogP) is 3.11. The van der Waals surface area contributed by atoms with Crippen LogP contribution < -0.4 is 14.8 Å². The molecule has 12 heteroatoms. The first kappa shape index (κ1) is 22.3. The van der Waals surface area contributed by atoms with E-state index in [-0.39, 0.29) is 37.6 Å². The Kier molecular flexibility index (Phi) is 6.22. The van der Waals surface area contributed by atoms with E-state index in [0.717, 1.165) is 5.56 Å². The molecule has 3 heterocycles. The van der Waals surface area contributed by atoms with Gasteiger partial charge in [-0.05, 0) is 23.6 Å². The molecule has 1 amide bonds. The first-order valence-corrected chi connectivity index (χ1v) is 9.95. The van der Waals surface area contributed by atoms with Crippen molar-refractivity contribution in [2.24, 2.45) is 0 Å². The second-order valence-corrected chi connectivity index (χ2v) is 7.60. The number of benzene rings is 1. The molecule has 1 N–H and O–H groups in total. The van der Waals surface area contributed by atoms with E-state index in [2.05, 4.69) is 15.2 Å². The highest BCUT2D eigenvalue weighted by Crippen LogP contribution is 2.28. The summed E-state index contributed by atoms with van der Waals surface area (Å²) in [6.07, 6.45) is -7.71. The summed E-state index contributed by atoms with van der Waals surface area (Å²) in [6, 6.07) is 5.83. The van der Waals surface area contributed by atoms with Gasteiger partial charge in [-0.1, -0.05) is 12.1 Å². The number of aromatic nitrogens is 2. The van der Waals surface area contributed by atoms with Crippen molar-refractivity contribution in [2.45, 2.75) is 50.7 Å². The van der Waals surface area contributed by atoms with Crippen LogP contribution in [0.4, 0.5) is 22.0 Å². The van der Waals surface area contributed by atoms with Gasteiger partial charge < -0.3 is 14.8 Å². The van der Waals surface area contributed by atoms with Crippen LogP contribution >= 0.6 is 0 Å². The van der Waals surface area contributed by atoms with Gasteiger partial charge in [-0.25, -0.2) is 13.5 Å². The first-order valence-electron chi connectivity index (χ1n) is 9.95. The minimum absolute atomic E-state index is 0.0506. The van der Waals surface area contributed by atoms with E-state index in [0.29, 0.717) is 17.7 Å². The molecule has 0 saturated heterocycles. The lowest BCUT2D eigenvalue weighted by atomic mass is 9.99. The zero-order chi connectivity index (χ0) is 22.9. The Labute approximate surface area is 179 Å². The number of hydrogen-bond acceptors (Lipinski definition) is 5. The molecule has 7 nitrogen and oxygen atoms in total. The summed E-state index contributed by atoms with van der Waals surface area (Å²) in [5.74, 6) is 0.268. The molecule has 4 rings (SSSR count). The average Bonchev–Trinajstić information content (AvgIpc) is 3.14. The number of halogens is 5. The third-order valence-corrected chi connectivity index (χ3v) is 5.12. The minimum atomic E-state index is -4.74. The Morgan fingerprint density at radius 1 is 1.31 bits per heavy atom. The number of carbonyl (C=O) groups is 1. The number of rotatable bonds is 6. The van der Waals surface area contributed by atoms with Crippen LogP contribution in [0.1, 0.15) is 28.0 Å². The van der Waals surface area contributed by atoms with Gasteiger partial charge in [0.1, 0.15) is 18.5 Å². The summed E-state index contributed by atoms with van der Waals surface area (Å²) in [7, 11) is 0. The largest absolute Gasteiger partial charge is 0.522 e. The van der Waals surface area contributed by atoms with E-state index in [1.807, 2.05) is 0 Å². The minimum Gasteiger partial charge on any atom is -0.491 e. The predicted molar refractivity (Wildman–Crippen MR) is 99.9 cm³/mol. The van der Waals surface area contributed by atoms with E-state index < -0.39 is 37.4 Å². The lowest BCUT2D eigenvalue weighted by molar-refractivity contribution is -0.330. The number of alkyl halides is 5. The molecule has 1 aromatic heterocycles. The van der Waals surface area contributed by atoms with Gasteiger partial charge in [-0.3, -0.25) is 9.53 Å². The smallest absolute Gasteiger partial charge is 0.491 e. The molecule has 0 aliphatic carbocycles. The van der Waals surface area contributed by atoms with Crippen LogP contribution in [0.5, 0.6) is 11.6 Å². The van der Waals surface area contributed by atoms with Crippen molar-refractivity contribution in [2.75, 3.05) is 13.2 Å². The van der Waals surface area contributed by atoms with Crippen LogP contribution in [0, 0.1) is 0 Å². The molecule has 0 spiro atoms. The summed E-state index contributed by atoms with van der Waals surface area (Å²) in [5, 5.41) is 6.93. The van der Waals surface area contributed by atoms with Crippen molar-refractivity contribution in [3.8, 4) is 11.6 Å². The van der Waals surface area contributed by atoms with Crippen LogP contribution in [0.25, 0.3) is 0 Å². The van der Waals surface area contributed by atoms with Crippen molar-refractivity contribution >= 4 is 5.91 Å². The highest BCUT2D eigenvalue weighted by molar-refractivity contribution is 5.92. The number of aryl methyl sites for hydroxylation is 1. The van der Waals surface area contributed by atoms with Gasteiger partial charge in [0.05, 0.1) is 12.6 Å². The van der Waals surface area contributed by atoms with E-state index in [1.54, 1.807) is 18.2 Å². The molecular weight excluding hydrogens is 441 g/mol. The third kappa shape index (κ3) is 5.47. The maximum absolute atomic E-state index is 12.6. The van der Waals surface area contributed by atoms with E-state index >= 15 is 0 Å². The highest BCUT2D eigenvalue weighted by atomic mass is 19.4. The number of ether oxygens (including phenoxy) is 3. The molecule has 2 aliphatic heterocycles. The molecule has 2 atom stereocenters. The van der Waals surface area contributed by atoms with Gasteiger partial charge in [0, 0.05) is 25.5 Å². The average molecular weight is 461 g/mol. The monoisotopic (exact) mass is 461 g/mol. The maximum Gasteiger partial charge on any atom is 0.522 e. The lowest BCUT2D eigenvalue weighted by Gasteiger charge is -2.26. The summed E-state index contributed by atoms with van der Waals surface area (Å²) < 4.78 is 78.2. The van der Waals surface area contributed by atoms with Crippen LogP contribution in [-0.2, 0) is 24.1 Å². The first-order chi connectivity index (χ1) is 15.2. The van der Waals surface area contributed by atoms with Crippen molar-refractivity contribution in [1.29, 1.82) is 0 Å². The van der Waals surface area contributed by atoms with E-state index in [4.69, 9.17) is 9.47 Å². The van der Waals surface area contributed by atoms with Crippen molar-refractivity contribution in [3.63, 3.8) is 0 Å². The molecule has 0 bridgehead atoms. The molecule has 32 heavy (non-hydrogen) atoms. The Bertz CT molecular complexity index is 979. The Morgan fingerprint density at radius 2 is 2.12 bits per heavy atom. The normalized spacial score (nSPS) is 20.2. The van der Waals surface area contributed by atoms with E-state index in [9.17, 15) is 26.7 Å². The standard InChI is InChI=1S/C20H20F5N3O4/c21-17(22)6-11-1-2-16-12(5-11)7-13(9-30-16)26-19(29)15-8-18-28(27-15)4-3-14(32-18)10-31-20(23,24)25/h1-2,5,8,13-14,17H,3-4,6-7,9-10H2,(H,26,29)/t13-,14+/m1/s1. The van der Waals surface area contributed by atoms with Crippen molar-refractivity contribution in [1.82, 2.24) is 15.1 Å². The molecule has 0 saturated carbocycles. The number of nitrogens with zero attached hydrogens (tertiary/aromatic N) is 2. The zero-order valence-corrected chi connectivity index (χ0v) is 16.7. The maximum atomic E-state index is 12.6. The summed E-state index contributed by atoms with van der Waals surface area (Å²) >= 11 is 0. The van der Waals surface area contributed by atoms with Gasteiger partial charge in [0.2, 0.25) is 12.3 Å². The second-order valence-electron chi connectivity index (χ2n) is 7.60. The van der Waals surface area contributed by atoms with E-state index in [1.165, 1.54) is 10.7 Å². The zero-order valence-electron chi connectivity index (χ0n) is 16.7. The Balaban J connectivity index is 1.36. The molecule has 0 fully saturated rings. The van der Waals surface area contributed by atoms with Gasteiger partial charge >= 0.3 is 6.36 Å². The van der Waals surface area contributed by atoms with Gasteiger partial charge in [-0.15, -0.1) is 13.2 Å². The van der Waals surface area contributed by atoms with Crippen LogP contribution in [0.3, 0.4) is 0 Å². The Hall–Kier alpha value is -2.89. The quantitative estimate of drug-likeness (QED) is 0.670. The third-order valence-electron chi connectivity index (χ3n) is 5.12. The summed E-state index contributed by atoms with van der Waals surface area (Å²) in [4.78, 5) is 12.6. The number of fused-ring (bicyclic) bond motifs is 2. The SMILES string of the molecule is O=C(N[C@H]1COc2ccc(CC(F)F)cc2C1)c1cc2n(n1)CC[C@@H](COC(F)(F)F)O2. The number of hydrogen-bond donors (Lipinski definition) is 1. The molecule has 2 aromatic rings. The number of carbonyl (C=O) groups excluding carboxylic acids is 1. The van der Waals surface area contributed by atoms with Crippen LogP contribution in [0.15, 0.2) is 24.3 Å². The number of amides is 1. The van der Waals surface area contributed by atoms with Gasteiger partial charge in [0.25, 0.3) is 5.91 Å². The molecule has 0 unspecified atom stereocenters. The molecular formula is C20H20F5N3O4. The summed E-state index contributed by atoms with van der Waals surface area (Å²) in [5.41, 5.74) is 1.26. The fraction of sp³-hybridized carbons (Fsp3) is 0.500. The molecule has 1 aromatic carbocycles. The van der Waals surface area contributed by atoms with Crippen molar-refractivity contribution in [3.05, 3.63) is 41.1 Å². The molecule has 174 valence electrons. The Morgan fingerprint density at radius 3 is 2.88 bits per heavy atom. The van der Waals surface area contributed by atoms with Gasteiger partial charge in [0.15, 0.2) is 5.69 Å². The highest BCUT2D eigenvalue weighted by Gasteiger charge is 2.33. The molecule has 2 aliphatic rings. The van der Waals surface area contributed by atoms with Crippen molar-refractivity contribution < 1.29 is 41.0 Å². The fourth-order valence-corrected chi connectivity index (χ4v) is 3.67. The van der Waals surface area contributed by atoms with Gasteiger partial charge in [-0.2, -0.15) is 5.10 Å². The number of nitrogens with one attached hydrogen (secondary N) is 1.